The molecule has 0 amide bonds. The van der Waals surface area contributed by atoms with Gasteiger partial charge in [0.15, 0.2) is 0 Å². The van der Waals surface area contributed by atoms with Gasteiger partial charge in [-0.1, -0.05) is 36.4 Å². The molecule has 0 spiro atoms. The lowest BCUT2D eigenvalue weighted by Crippen LogP contribution is -2.18. The van der Waals surface area contributed by atoms with Gasteiger partial charge in [-0.2, -0.15) is 0 Å². The molecule has 2 aromatic carbocycles. The van der Waals surface area contributed by atoms with Crippen molar-refractivity contribution < 1.29 is 0 Å². The van der Waals surface area contributed by atoms with Crippen LogP contribution in [0.25, 0.3) is 33.3 Å². The highest BCUT2D eigenvalue weighted by Crippen LogP contribution is 2.45. The van der Waals surface area contributed by atoms with Gasteiger partial charge in [0.05, 0.1) is 23.4 Å². The number of fused-ring (bicyclic) bond motifs is 2. The monoisotopic (exact) mass is 352 g/mol. The smallest absolute Gasteiger partial charge is 0.123 e. The third-order valence-corrected chi connectivity index (χ3v) is 5.93. The summed E-state index contributed by atoms with van der Waals surface area (Å²) in [5.74, 6) is 1.95. The first-order chi connectivity index (χ1) is 13.3. The number of hydrogen-bond donors (Lipinski definition) is 2. The van der Waals surface area contributed by atoms with Crippen LogP contribution in [0.3, 0.4) is 0 Å². The summed E-state index contributed by atoms with van der Waals surface area (Å²) in [5.41, 5.74) is 5.70. The topological polar surface area (TPSA) is 53.6 Å². The van der Waals surface area contributed by atoms with Crippen LogP contribution in [-0.4, -0.2) is 21.0 Å². The Hall–Kier alpha value is -2.98. The molecule has 27 heavy (non-hydrogen) atoms. The van der Waals surface area contributed by atoms with E-state index in [1.165, 1.54) is 34.9 Å². The molecule has 4 nitrogen and oxygen atoms in total. The van der Waals surface area contributed by atoms with Crippen LogP contribution >= 0.6 is 0 Å². The van der Waals surface area contributed by atoms with Crippen molar-refractivity contribution in [2.24, 2.45) is 5.92 Å². The van der Waals surface area contributed by atoms with E-state index in [4.69, 9.17) is 0 Å². The zero-order chi connectivity index (χ0) is 17.8. The minimum atomic E-state index is 0.396. The second kappa shape index (κ2) is 5.76. The number of aromatic amines is 1. The van der Waals surface area contributed by atoms with Crippen LogP contribution in [0, 0.1) is 5.92 Å². The van der Waals surface area contributed by atoms with Crippen molar-refractivity contribution in [1.29, 1.82) is 0 Å². The Morgan fingerprint density at radius 3 is 2.56 bits per heavy atom. The maximum atomic E-state index is 4.62. The first kappa shape index (κ1) is 15.1. The van der Waals surface area contributed by atoms with Crippen molar-refractivity contribution >= 4 is 10.9 Å². The van der Waals surface area contributed by atoms with Gasteiger partial charge in [-0.05, 0) is 53.6 Å². The summed E-state index contributed by atoms with van der Waals surface area (Å²) in [6, 6.07) is 20.3. The molecule has 4 aromatic rings. The van der Waals surface area contributed by atoms with Crippen molar-refractivity contribution in [3.63, 3.8) is 0 Å². The molecule has 0 radical (unpaired) electrons. The van der Waals surface area contributed by atoms with Crippen LogP contribution in [0.5, 0.6) is 0 Å². The lowest BCUT2D eigenvalue weighted by Gasteiger charge is -2.09. The Morgan fingerprint density at radius 1 is 0.852 bits per heavy atom. The fourth-order valence-corrected chi connectivity index (χ4v) is 4.29. The molecule has 0 unspecified atom stereocenters. The average Bonchev–Trinajstić information content (AvgIpc) is 3.11. The Balaban J connectivity index is 1.27. The lowest BCUT2D eigenvalue weighted by molar-refractivity contribution is 0.543. The van der Waals surface area contributed by atoms with Gasteiger partial charge in [-0.15, -0.1) is 0 Å². The third kappa shape index (κ3) is 2.64. The summed E-state index contributed by atoms with van der Waals surface area (Å²) in [7, 11) is 0. The minimum absolute atomic E-state index is 0.396. The first-order valence-electron chi connectivity index (χ1n) is 9.60. The van der Waals surface area contributed by atoms with E-state index in [0.29, 0.717) is 6.04 Å². The molecule has 1 saturated heterocycles. The number of piperidine rings is 1. The Kier molecular flexibility index (Phi) is 3.22. The maximum Gasteiger partial charge on any atom is 0.123 e. The Bertz CT molecular complexity index is 1120. The van der Waals surface area contributed by atoms with E-state index in [0.717, 1.165) is 29.0 Å². The molecule has 3 heterocycles. The van der Waals surface area contributed by atoms with Crippen LogP contribution in [0.1, 0.15) is 24.7 Å². The van der Waals surface area contributed by atoms with Gasteiger partial charge >= 0.3 is 0 Å². The number of pyridine rings is 1. The van der Waals surface area contributed by atoms with Gasteiger partial charge in [-0.3, -0.25) is 4.98 Å². The molecule has 0 bridgehead atoms. The number of H-pyrrole nitrogens is 1. The number of nitrogens with zero attached hydrogens (tertiary/aromatic N) is 2. The summed E-state index contributed by atoms with van der Waals surface area (Å²) in [5, 5.41) is 4.82. The van der Waals surface area contributed by atoms with E-state index in [-0.39, 0.29) is 0 Å². The van der Waals surface area contributed by atoms with E-state index < -0.39 is 0 Å². The van der Waals surface area contributed by atoms with Gasteiger partial charge in [0.2, 0.25) is 0 Å². The number of hydrogen-bond acceptors (Lipinski definition) is 3. The number of nitrogens with one attached hydrogen (secondary N) is 2. The van der Waals surface area contributed by atoms with Gasteiger partial charge in [0.25, 0.3) is 0 Å². The molecule has 2 aromatic heterocycles. The van der Waals surface area contributed by atoms with E-state index >= 15 is 0 Å². The standard InChI is InChI=1S/C23H20N4/c1-2-17-10-16(7-8-19(17)24-9-1)14-3-5-15(6-4-14)22-13-25-23(27-22)21-12-18-11-20(18)26-21/h1-10,13,18,20-21,26H,11-12H2,(H,25,27)/t18-,20-,21+/m1/s1. The third-order valence-electron chi connectivity index (χ3n) is 5.93. The van der Waals surface area contributed by atoms with Crippen molar-refractivity contribution in [2.45, 2.75) is 24.9 Å². The molecule has 2 aliphatic rings. The summed E-state index contributed by atoms with van der Waals surface area (Å²) < 4.78 is 0. The molecular weight excluding hydrogens is 332 g/mol. The lowest BCUT2D eigenvalue weighted by atomic mass is 10.0. The molecule has 1 aliphatic heterocycles. The van der Waals surface area contributed by atoms with Crippen LogP contribution in [0.4, 0.5) is 0 Å². The van der Waals surface area contributed by atoms with Crippen molar-refractivity contribution in [3.8, 4) is 22.4 Å². The second-order valence-corrected chi connectivity index (χ2v) is 7.73. The highest BCUT2D eigenvalue weighted by molar-refractivity contribution is 5.84. The molecule has 6 rings (SSSR count). The normalized spacial score (nSPS) is 23.5. The van der Waals surface area contributed by atoms with E-state index in [1.807, 2.05) is 18.5 Å². The van der Waals surface area contributed by atoms with Crippen LogP contribution in [0.2, 0.25) is 0 Å². The summed E-state index contributed by atoms with van der Waals surface area (Å²) in [6.45, 7) is 0. The van der Waals surface area contributed by atoms with Gasteiger partial charge in [-0.25, -0.2) is 4.98 Å². The van der Waals surface area contributed by atoms with Crippen molar-refractivity contribution in [1.82, 2.24) is 20.3 Å². The SMILES string of the molecule is c1cnc2ccc(-c3ccc(-c4cnc([C@@H]5C[C@H]6C[C@H]6N5)[nH]4)cc3)cc2c1. The van der Waals surface area contributed by atoms with E-state index in [2.05, 4.69) is 68.8 Å². The van der Waals surface area contributed by atoms with Crippen molar-refractivity contribution in [2.75, 3.05) is 0 Å². The van der Waals surface area contributed by atoms with E-state index in [1.54, 1.807) is 0 Å². The summed E-state index contributed by atoms with van der Waals surface area (Å²) in [6.07, 6.45) is 6.35. The Morgan fingerprint density at radius 2 is 1.70 bits per heavy atom. The Labute approximate surface area is 157 Å². The molecule has 2 fully saturated rings. The number of rotatable bonds is 3. The predicted molar refractivity (Wildman–Crippen MR) is 107 cm³/mol. The summed E-state index contributed by atoms with van der Waals surface area (Å²) in [4.78, 5) is 12.5. The minimum Gasteiger partial charge on any atom is -0.341 e. The van der Waals surface area contributed by atoms with Gasteiger partial charge in [0.1, 0.15) is 5.82 Å². The predicted octanol–water partition coefficient (Wildman–Crippen LogP) is 4.71. The molecule has 3 atom stereocenters. The molecule has 2 N–H and O–H groups in total. The maximum absolute atomic E-state index is 4.62. The summed E-state index contributed by atoms with van der Waals surface area (Å²) >= 11 is 0. The quantitative estimate of drug-likeness (QED) is 0.561. The number of benzene rings is 2. The van der Waals surface area contributed by atoms with Crippen LogP contribution in [-0.2, 0) is 0 Å². The van der Waals surface area contributed by atoms with E-state index in [9.17, 15) is 0 Å². The van der Waals surface area contributed by atoms with Gasteiger partial charge in [0, 0.05) is 17.6 Å². The number of imidazole rings is 1. The zero-order valence-corrected chi connectivity index (χ0v) is 14.9. The molecule has 1 aliphatic carbocycles. The molecule has 1 saturated carbocycles. The van der Waals surface area contributed by atoms with Crippen molar-refractivity contribution in [3.05, 3.63) is 72.8 Å². The fraction of sp³-hybridized carbons (Fsp3) is 0.217. The van der Waals surface area contributed by atoms with Crippen LogP contribution in [0.15, 0.2) is 67.0 Å². The zero-order valence-electron chi connectivity index (χ0n) is 14.9. The largest absolute Gasteiger partial charge is 0.341 e. The highest BCUT2D eigenvalue weighted by atomic mass is 15.1. The fourth-order valence-electron chi connectivity index (χ4n) is 4.29. The molecule has 132 valence electrons. The molecular formula is C23H20N4. The molecule has 4 heteroatoms. The second-order valence-electron chi connectivity index (χ2n) is 7.73. The first-order valence-corrected chi connectivity index (χ1v) is 9.60. The van der Waals surface area contributed by atoms with Gasteiger partial charge < -0.3 is 10.3 Å². The number of aromatic nitrogens is 3. The average molecular weight is 352 g/mol. The highest BCUT2D eigenvalue weighted by Gasteiger charge is 2.46. The van der Waals surface area contributed by atoms with Crippen LogP contribution < -0.4 is 5.32 Å².